The Morgan fingerprint density at radius 3 is 2.53 bits per heavy atom. The van der Waals surface area contributed by atoms with Crippen molar-refractivity contribution >= 4 is 29.0 Å². The maximum absolute atomic E-state index is 12.4. The summed E-state index contributed by atoms with van der Waals surface area (Å²) in [6, 6.07) is 11.0. The zero-order valence-corrected chi connectivity index (χ0v) is 17.3. The third kappa shape index (κ3) is 4.68. The van der Waals surface area contributed by atoms with E-state index < -0.39 is 6.36 Å². The molecule has 9 heteroatoms. The number of nitrogens with zero attached hydrogens (tertiary/aromatic N) is 2. The number of halogens is 5. The van der Waals surface area contributed by atoms with Gasteiger partial charge in [0.25, 0.3) is 0 Å². The lowest BCUT2D eigenvalue weighted by Gasteiger charge is -2.11. The lowest BCUT2D eigenvalue weighted by atomic mass is 10.0. The van der Waals surface area contributed by atoms with Crippen LogP contribution in [0.4, 0.5) is 19.0 Å². The van der Waals surface area contributed by atoms with Crippen molar-refractivity contribution in [1.82, 2.24) is 9.78 Å². The molecule has 0 fully saturated rings. The van der Waals surface area contributed by atoms with Crippen molar-refractivity contribution in [2.45, 2.75) is 32.0 Å². The number of hydrogen-bond acceptors (Lipinski definition) is 3. The molecule has 2 aromatic carbocycles. The number of anilines is 1. The number of ether oxygens (including phenoxy) is 1. The van der Waals surface area contributed by atoms with Crippen LogP contribution >= 0.6 is 23.2 Å². The van der Waals surface area contributed by atoms with E-state index >= 15 is 0 Å². The molecule has 158 valence electrons. The van der Waals surface area contributed by atoms with Gasteiger partial charge >= 0.3 is 6.36 Å². The molecule has 1 aliphatic heterocycles. The van der Waals surface area contributed by atoms with Crippen LogP contribution in [-0.4, -0.2) is 22.7 Å². The van der Waals surface area contributed by atoms with Gasteiger partial charge in [0, 0.05) is 28.6 Å². The third-order valence-electron chi connectivity index (χ3n) is 4.90. The summed E-state index contributed by atoms with van der Waals surface area (Å²) in [4.78, 5) is 0. The Morgan fingerprint density at radius 2 is 1.83 bits per heavy atom. The molecule has 0 radical (unpaired) electrons. The predicted molar refractivity (Wildman–Crippen MR) is 111 cm³/mol. The fourth-order valence-corrected chi connectivity index (χ4v) is 4.01. The monoisotopic (exact) mass is 455 g/mol. The van der Waals surface area contributed by atoms with E-state index in [0.29, 0.717) is 22.2 Å². The first-order chi connectivity index (χ1) is 14.3. The van der Waals surface area contributed by atoms with Gasteiger partial charge < -0.3 is 10.1 Å². The Hall–Kier alpha value is -2.38. The molecule has 0 unspecified atom stereocenters. The molecule has 0 spiro atoms. The Kier molecular flexibility index (Phi) is 5.84. The third-order valence-corrected chi connectivity index (χ3v) is 5.49. The number of fused-ring (bicyclic) bond motifs is 1. The topological polar surface area (TPSA) is 39.1 Å². The van der Waals surface area contributed by atoms with Crippen molar-refractivity contribution in [1.29, 1.82) is 0 Å². The molecule has 0 saturated heterocycles. The molecule has 0 amide bonds. The molecule has 1 aromatic heterocycles. The summed E-state index contributed by atoms with van der Waals surface area (Å²) in [6.45, 7) is 0.801. The number of benzene rings is 2. The largest absolute Gasteiger partial charge is 0.573 e. The fourth-order valence-electron chi connectivity index (χ4n) is 3.54. The summed E-state index contributed by atoms with van der Waals surface area (Å²) in [7, 11) is 0. The first-order valence-electron chi connectivity index (χ1n) is 9.45. The van der Waals surface area contributed by atoms with Gasteiger partial charge in [0.15, 0.2) is 0 Å². The molecule has 0 aliphatic carbocycles. The van der Waals surface area contributed by atoms with Crippen LogP contribution in [0.5, 0.6) is 5.75 Å². The number of alkyl halides is 3. The molecule has 3 aromatic rings. The molecule has 0 saturated carbocycles. The van der Waals surface area contributed by atoms with Crippen LogP contribution in [0.2, 0.25) is 10.0 Å². The van der Waals surface area contributed by atoms with Crippen LogP contribution in [0.25, 0.3) is 5.69 Å². The van der Waals surface area contributed by atoms with Gasteiger partial charge in [0.05, 0.1) is 11.4 Å². The van der Waals surface area contributed by atoms with Crippen LogP contribution < -0.4 is 10.1 Å². The van der Waals surface area contributed by atoms with Gasteiger partial charge in [0.1, 0.15) is 11.6 Å². The summed E-state index contributed by atoms with van der Waals surface area (Å²) >= 11 is 12.3. The number of rotatable bonds is 4. The quantitative estimate of drug-likeness (QED) is 0.493. The second-order valence-electron chi connectivity index (χ2n) is 7.02. The summed E-state index contributed by atoms with van der Waals surface area (Å²) in [5.74, 6) is 0.586. The van der Waals surface area contributed by atoms with Gasteiger partial charge in [-0.3, -0.25) is 0 Å². The van der Waals surface area contributed by atoms with E-state index in [1.807, 2.05) is 6.07 Å². The number of hydrogen-bond donors (Lipinski definition) is 1. The van der Waals surface area contributed by atoms with E-state index in [2.05, 4.69) is 10.1 Å². The van der Waals surface area contributed by atoms with Gasteiger partial charge in [-0.25, -0.2) is 4.68 Å². The summed E-state index contributed by atoms with van der Waals surface area (Å²) in [6.07, 6.45) is -1.29. The van der Waals surface area contributed by atoms with Gasteiger partial charge in [-0.1, -0.05) is 29.3 Å². The summed E-state index contributed by atoms with van der Waals surface area (Å²) in [5, 5.41) is 9.31. The van der Waals surface area contributed by atoms with Crippen LogP contribution in [0.15, 0.2) is 42.5 Å². The van der Waals surface area contributed by atoms with Crippen molar-refractivity contribution in [2.75, 3.05) is 11.9 Å². The molecule has 0 bridgehead atoms. The maximum atomic E-state index is 12.4. The van der Waals surface area contributed by atoms with E-state index in [1.165, 1.54) is 12.1 Å². The summed E-state index contributed by atoms with van der Waals surface area (Å²) in [5.41, 5.74) is 3.52. The highest BCUT2D eigenvalue weighted by molar-refractivity contribution is 6.35. The normalized spacial score (nSPS) is 14.0. The average molecular weight is 456 g/mol. The number of aromatic nitrogens is 2. The minimum Gasteiger partial charge on any atom is -0.406 e. The lowest BCUT2D eigenvalue weighted by molar-refractivity contribution is -0.274. The van der Waals surface area contributed by atoms with Crippen molar-refractivity contribution in [3.63, 3.8) is 0 Å². The first-order valence-corrected chi connectivity index (χ1v) is 10.2. The smallest absolute Gasteiger partial charge is 0.406 e. The zero-order chi connectivity index (χ0) is 21.3. The van der Waals surface area contributed by atoms with Crippen molar-refractivity contribution in [3.05, 3.63) is 69.3 Å². The SMILES string of the molecule is FC(F)(F)Oc1ccc(-n2nc(Cc3ccc(Cl)cc3Cl)c3c2NCCCC3)cc1. The van der Waals surface area contributed by atoms with Crippen molar-refractivity contribution in [2.24, 2.45) is 0 Å². The van der Waals surface area contributed by atoms with E-state index in [4.69, 9.17) is 28.3 Å². The van der Waals surface area contributed by atoms with Crippen molar-refractivity contribution in [3.8, 4) is 11.4 Å². The average Bonchev–Trinajstić information content (AvgIpc) is 2.85. The Morgan fingerprint density at radius 1 is 1.07 bits per heavy atom. The minimum atomic E-state index is -4.73. The van der Waals surface area contributed by atoms with Gasteiger partial charge in [-0.05, 0) is 61.2 Å². The molecule has 4 rings (SSSR count). The first kappa shape index (κ1) is 20.9. The highest BCUT2D eigenvalue weighted by atomic mass is 35.5. The van der Waals surface area contributed by atoms with E-state index in [1.54, 1.807) is 28.9 Å². The van der Waals surface area contributed by atoms with Crippen molar-refractivity contribution < 1.29 is 17.9 Å². The lowest BCUT2D eigenvalue weighted by Crippen LogP contribution is -2.17. The number of nitrogens with one attached hydrogen (secondary N) is 1. The highest BCUT2D eigenvalue weighted by Gasteiger charge is 2.31. The van der Waals surface area contributed by atoms with Gasteiger partial charge in [0.2, 0.25) is 0 Å². The molecule has 4 nitrogen and oxygen atoms in total. The second kappa shape index (κ2) is 8.40. The van der Waals surface area contributed by atoms with E-state index in [9.17, 15) is 13.2 Å². The van der Waals surface area contributed by atoms with Crippen LogP contribution in [0.3, 0.4) is 0 Å². The predicted octanol–water partition coefficient (Wildman–Crippen LogP) is 6.42. The summed E-state index contributed by atoms with van der Waals surface area (Å²) < 4.78 is 43.0. The molecule has 30 heavy (non-hydrogen) atoms. The molecule has 0 atom stereocenters. The van der Waals surface area contributed by atoms with E-state index in [-0.39, 0.29) is 5.75 Å². The molecule has 1 aliphatic rings. The van der Waals surface area contributed by atoms with Crippen LogP contribution in [-0.2, 0) is 12.8 Å². The Labute approximate surface area is 181 Å². The Bertz CT molecular complexity index is 1050. The molecular weight excluding hydrogens is 438 g/mol. The maximum Gasteiger partial charge on any atom is 0.573 e. The van der Waals surface area contributed by atoms with Gasteiger partial charge in [-0.15, -0.1) is 13.2 Å². The highest BCUT2D eigenvalue weighted by Crippen LogP contribution is 2.32. The standard InChI is InChI=1S/C21H18Cl2F3N3O/c22-14-5-4-13(18(23)12-14)11-19-17-3-1-2-10-27-20(17)29(28-19)15-6-8-16(9-7-15)30-21(24,25)26/h4-9,12,27H,1-3,10-11H2. The van der Waals surface area contributed by atoms with Gasteiger partial charge in [-0.2, -0.15) is 5.10 Å². The van der Waals surface area contributed by atoms with E-state index in [0.717, 1.165) is 48.4 Å². The minimum absolute atomic E-state index is 0.273. The zero-order valence-electron chi connectivity index (χ0n) is 15.8. The van der Waals surface area contributed by atoms with Crippen LogP contribution in [0, 0.1) is 0 Å². The molecule has 1 N–H and O–H groups in total. The second-order valence-corrected chi connectivity index (χ2v) is 7.87. The van der Waals surface area contributed by atoms with Crippen LogP contribution in [0.1, 0.15) is 29.7 Å². The Balaban J connectivity index is 1.70. The molecule has 2 heterocycles. The fraction of sp³-hybridized carbons (Fsp3) is 0.286. The molecular formula is C21H18Cl2F3N3O.